The van der Waals surface area contributed by atoms with Crippen molar-refractivity contribution < 1.29 is 13.6 Å². The predicted octanol–water partition coefficient (Wildman–Crippen LogP) is 4.64. The summed E-state index contributed by atoms with van der Waals surface area (Å²) in [6.45, 7) is 6.81. The minimum atomic E-state index is -2.81. The number of halogens is 1. The van der Waals surface area contributed by atoms with Crippen molar-refractivity contribution in [3.8, 4) is 0 Å². The maximum absolute atomic E-state index is 12.1. The van der Waals surface area contributed by atoms with Gasteiger partial charge in [0.15, 0.2) is 0 Å². The van der Waals surface area contributed by atoms with E-state index in [-0.39, 0.29) is 0 Å². The molecule has 0 aliphatic rings. The van der Waals surface area contributed by atoms with Crippen LogP contribution < -0.4 is 0 Å². The first-order valence-corrected chi connectivity index (χ1v) is 9.07. The smallest absolute Gasteiger partial charge is 0.309 e. The predicted molar refractivity (Wildman–Crippen MR) is 77.7 cm³/mol. The van der Waals surface area contributed by atoms with Crippen LogP contribution in [-0.4, -0.2) is 23.3 Å². The highest BCUT2D eigenvalue weighted by atomic mass is 127. The average molecular weight is 362 g/mol. The lowest BCUT2D eigenvalue weighted by atomic mass is 10.2. The summed E-state index contributed by atoms with van der Waals surface area (Å²) < 4.78 is 23.2. The van der Waals surface area contributed by atoms with E-state index in [9.17, 15) is 4.57 Å². The Morgan fingerprint density at radius 2 is 1.69 bits per heavy atom. The Bertz CT molecular complexity index is 201. The minimum Gasteiger partial charge on any atom is -0.309 e. The van der Waals surface area contributed by atoms with Gasteiger partial charge in [0.25, 0.3) is 0 Å². The van der Waals surface area contributed by atoms with Gasteiger partial charge in [-0.3, -0.25) is 4.57 Å². The normalized spacial score (nSPS) is 14.0. The van der Waals surface area contributed by atoms with Gasteiger partial charge in [-0.05, 0) is 26.7 Å². The van der Waals surface area contributed by atoms with Gasteiger partial charge < -0.3 is 9.05 Å². The Morgan fingerprint density at radius 3 is 2.12 bits per heavy atom. The number of hydrogen-bond acceptors (Lipinski definition) is 3. The molecule has 0 radical (unpaired) electrons. The van der Waals surface area contributed by atoms with Crippen LogP contribution in [0.3, 0.4) is 0 Å². The summed E-state index contributed by atoms with van der Waals surface area (Å²) in [6, 6.07) is 0. The SMILES string of the molecule is CCCC[C@@H](I)CCP(=O)(OCC)OCC. The maximum atomic E-state index is 12.1. The molecule has 0 saturated heterocycles. The van der Waals surface area contributed by atoms with Gasteiger partial charge in [0.2, 0.25) is 0 Å². The van der Waals surface area contributed by atoms with E-state index in [2.05, 4.69) is 29.5 Å². The quantitative estimate of drug-likeness (QED) is 0.323. The molecule has 98 valence electrons. The van der Waals surface area contributed by atoms with Crippen LogP contribution in [0.2, 0.25) is 0 Å². The van der Waals surface area contributed by atoms with Gasteiger partial charge in [-0.25, -0.2) is 0 Å². The highest BCUT2D eigenvalue weighted by molar-refractivity contribution is 14.1. The molecule has 0 heterocycles. The Kier molecular flexibility index (Phi) is 10.4. The molecule has 3 nitrogen and oxygen atoms in total. The topological polar surface area (TPSA) is 35.5 Å². The molecule has 1 atom stereocenters. The van der Waals surface area contributed by atoms with Crippen molar-refractivity contribution in [2.45, 2.75) is 50.4 Å². The minimum absolute atomic E-state index is 0.456. The standard InChI is InChI=1S/C11H24IO3P/c1-4-7-8-11(12)9-10-16(13,14-5-2)15-6-3/h11H,4-10H2,1-3H3/t11-/m1/s1. The van der Waals surface area contributed by atoms with Crippen LogP contribution in [-0.2, 0) is 13.6 Å². The van der Waals surface area contributed by atoms with Crippen LogP contribution in [0, 0.1) is 0 Å². The fourth-order valence-corrected chi connectivity index (χ4v) is 4.42. The van der Waals surface area contributed by atoms with Gasteiger partial charge in [0, 0.05) is 3.92 Å². The van der Waals surface area contributed by atoms with Crippen molar-refractivity contribution in [3.63, 3.8) is 0 Å². The summed E-state index contributed by atoms with van der Waals surface area (Å²) in [5.41, 5.74) is 0. The van der Waals surface area contributed by atoms with E-state index in [0.717, 1.165) is 6.42 Å². The Labute approximate surface area is 113 Å². The van der Waals surface area contributed by atoms with E-state index in [1.807, 2.05) is 13.8 Å². The first kappa shape index (κ1) is 16.9. The highest BCUT2D eigenvalue weighted by Gasteiger charge is 2.24. The van der Waals surface area contributed by atoms with Crippen molar-refractivity contribution in [3.05, 3.63) is 0 Å². The van der Waals surface area contributed by atoms with E-state index in [1.54, 1.807) is 0 Å². The van der Waals surface area contributed by atoms with Crippen molar-refractivity contribution in [1.82, 2.24) is 0 Å². The van der Waals surface area contributed by atoms with E-state index >= 15 is 0 Å². The number of alkyl halides is 1. The molecule has 0 aromatic heterocycles. The van der Waals surface area contributed by atoms with Gasteiger partial charge in [-0.1, -0.05) is 42.4 Å². The van der Waals surface area contributed by atoms with Crippen molar-refractivity contribution in [1.29, 1.82) is 0 Å². The Morgan fingerprint density at radius 1 is 1.12 bits per heavy atom. The maximum Gasteiger partial charge on any atom is 0.330 e. The third kappa shape index (κ3) is 8.04. The molecule has 0 fully saturated rings. The third-order valence-electron chi connectivity index (χ3n) is 2.24. The summed E-state index contributed by atoms with van der Waals surface area (Å²) in [5, 5.41) is 0. The summed E-state index contributed by atoms with van der Waals surface area (Å²) in [5.74, 6) is 0. The fourth-order valence-electron chi connectivity index (χ4n) is 1.43. The number of unbranched alkanes of at least 4 members (excludes halogenated alkanes) is 1. The zero-order valence-corrected chi connectivity index (χ0v) is 13.6. The highest BCUT2D eigenvalue weighted by Crippen LogP contribution is 2.49. The van der Waals surface area contributed by atoms with Crippen LogP contribution in [0.1, 0.15) is 46.5 Å². The third-order valence-corrected chi connectivity index (χ3v) is 5.59. The molecule has 0 saturated carbocycles. The summed E-state index contributed by atoms with van der Waals surface area (Å²) >= 11 is 2.43. The number of hydrogen-bond donors (Lipinski definition) is 0. The molecule has 5 heteroatoms. The largest absolute Gasteiger partial charge is 0.330 e. The average Bonchev–Trinajstić information content (AvgIpc) is 2.24. The molecule has 0 aromatic rings. The van der Waals surface area contributed by atoms with Crippen LogP contribution in [0.4, 0.5) is 0 Å². The summed E-state index contributed by atoms with van der Waals surface area (Å²) in [4.78, 5) is 0. The molecule has 0 amide bonds. The fraction of sp³-hybridized carbons (Fsp3) is 1.00. The molecule has 0 N–H and O–H groups in total. The summed E-state index contributed by atoms with van der Waals surface area (Å²) in [6.07, 6.45) is 5.11. The Hall–Kier alpha value is 0.880. The molecular weight excluding hydrogens is 338 g/mol. The molecular formula is C11H24IO3P. The van der Waals surface area contributed by atoms with Crippen LogP contribution in [0.15, 0.2) is 0 Å². The van der Waals surface area contributed by atoms with Crippen molar-refractivity contribution >= 4 is 30.2 Å². The zero-order valence-electron chi connectivity index (χ0n) is 10.6. The van der Waals surface area contributed by atoms with Gasteiger partial charge in [-0.2, -0.15) is 0 Å². The lowest BCUT2D eigenvalue weighted by Gasteiger charge is -2.18. The molecule has 0 aliphatic heterocycles. The second-order valence-corrected chi connectivity index (χ2v) is 7.65. The Balaban J connectivity index is 3.96. The van der Waals surface area contributed by atoms with E-state index in [4.69, 9.17) is 9.05 Å². The molecule has 0 unspecified atom stereocenters. The molecule has 0 bridgehead atoms. The van der Waals surface area contributed by atoms with Gasteiger partial charge in [0.05, 0.1) is 19.4 Å². The molecule has 0 aromatic carbocycles. The molecule has 0 spiro atoms. The first-order chi connectivity index (χ1) is 7.58. The van der Waals surface area contributed by atoms with Crippen LogP contribution in [0.25, 0.3) is 0 Å². The van der Waals surface area contributed by atoms with E-state index < -0.39 is 7.60 Å². The molecule has 16 heavy (non-hydrogen) atoms. The van der Waals surface area contributed by atoms with Gasteiger partial charge in [-0.15, -0.1) is 0 Å². The zero-order chi connectivity index (χ0) is 12.4. The second kappa shape index (κ2) is 9.86. The van der Waals surface area contributed by atoms with Crippen LogP contribution >= 0.6 is 30.2 Å². The number of rotatable bonds is 10. The first-order valence-electron chi connectivity index (χ1n) is 6.10. The second-order valence-electron chi connectivity index (χ2n) is 3.70. The van der Waals surface area contributed by atoms with Gasteiger partial charge >= 0.3 is 7.60 Å². The van der Waals surface area contributed by atoms with Crippen molar-refractivity contribution in [2.75, 3.05) is 19.4 Å². The van der Waals surface area contributed by atoms with Crippen LogP contribution in [0.5, 0.6) is 0 Å². The van der Waals surface area contributed by atoms with E-state index in [1.165, 1.54) is 19.3 Å². The van der Waals surface area contributed by atoms with E-state index in [0.29, 0.717) is 23.3 Å². The summed E-state index contributed by atoms with van der Waals surface area (Å²) in [7, 11) is -2.81. The lowest BCUT2D eigenvalue weighted by Crippen LogP contribution is -2.06. The lowest BCUT2D eigenvalue weighted by molar-refractivity contribution is 0.219. The van der Waals surface area contributed by atoms with Gasteiger partial charge in [0.1, 0.15) is 0 Å². The monoisotopic (exact) mass is 362 g/mol. The van der Waals surface area contributed by atoms with Crippen molar-refractivity contribution in [2.24, 2.45) is 0 Å². The molecule has 0 aliphatic carbocycles. The molecule has 0 rings (SSSR count).